The van der Waals surface area contributed by atoms with Crippen molar-refractivity contribution < 1.29 is 13.2 Å². The van der Waals surface area contributed by atoms with Gasteiger partial charge in [0.15, 0.2) is 0 Å². The molecule has 1 aromatic rings. The van der Waals surface area contributed by atoms with E-state index in [1.54, 1.807) is 12.1 Å². The number of carbonyl (C=O) groups is 1. The first-order valence-electron chi connectivity index (χ1n) is 6.68. The molecule has 1 rings (SSSR count). The van der Waals surface area contributed by atoms with Crippen LogP contribution in [0, 0.1) is 6.92 Å². The van der Waals surface area contributed by atoms with Crippen molar-refractivity contribution >= 4 is 37.5 Å². The number of nitrogens with zero attached hydrogens (tertiary/aromatic N) is 1. The van der Waals surface area contributed by atoms with Gasteiger partial charge < -0.3 is 5.32 Å². The van der Waals surface area contributed by atoms with Crippen molar-refractivity contribution in [1.29, 1.82) is 0 Å². The lowest BCUT2D eigenvalue weighted by molar-refractivity contribution is -0.116. The van der Waals surface area contributed by atoms with Crippen molar-refractivity contribution in [2.75, 3.05) is 24.7 Å². The Labute approximate surface area is 134 Å². The van der Waals surface area contributed by atoms with E-state index in [0.717, 1.165) is 28.0 Å². The Bertz CT molecular complexity index is 600. The van der Waals surface area contributed by atoms with Crippen LogP contribution in [-0.2, 0) is 14.8 Å². The summed E-state index contributed by atoms with van der Waals surface area (Å²) in [6.45, 7) is 1.83. The fourth-order valence-corrected chi connectivity index (χ4v) is 3.02. The van der Waals surface area contributed by atoms with E-state index >= 15 is 0 Å². The number of nitrogens with one attached hydrogen (secondary N) is 1. The molecule has 0 heterocycles. The first kappa shape index (κ1) is 18.1. The molecule has 0 fully saturated rings. The molecule has 7 heteroatoms. The SMILES string of the molecule is Cc1ccc(S(=O)(=O)N(C)C)cc1NC(=O)CCCCBr. The van der Waals surface area contributed by atoms with Crippen LogP contribution in [0.1, 0.15) is 24.8 Å². The summed E-state index contributed by atoms with van der Waals surface area (Å²) in [6.07, 6.45) is 2.16. The highest BCUT2D eigenvalue weighted by atomic mass is 79.9. The number of amides is 1. The molecule has 0 saturated carbocycles. The minimum absolute atomic E-state index is 0.0987. The smallest absolute Gasteiger partial charge is 0.242 e. The minimum Gasteiger partial charge on any atom is -0.326 e. The van der Waals surface area contributed by atoms with E-state index in [1.165, 1.54) is 20.2 Å². The quantitative estimate of drug-likeness (QED) is 0.587. The number of alkyl halides is 1. The zero-order valence-corrected chi connectivity index (χ0v) is 14.9. The predicted molar refractivity (Wildman–Crippen MR) is 88.3 cm³/mol. The third-order valence-corrected chi connectivity index (χ3v) is 5.42. The maximum absolute atomic E-state index is 12.1. The Balaban J connectivity index is 2.91. The Morgan fingerprint density at radius 3 is 2.52 bits per heavy atom. The molecule has 1 N–H and O–H groups in total. The standard InChI is InChI=1S/C14H21BrN2O3S/c1-11-7-8-12(21(19,20)17(2)3)10-13(11)16-14(18)6-4-5-9-15/h7-8,10H,4-6,9H2,1-3H3,(H,16,18). The van der Waals surface area contributed by atoms with E-state index in [2.05, 4.69) is 21.2 Å². The summed E-state index contributed by atoms with van der Waals surface area (Å²) in [4.78, 5) is 12.0. The Kier molecular flexibility index (Phi) is 6.83. The van der Waals surface area contributed by atoms with E-state index in [0.29, 0.717) is 12.1 Å². The number of benzene rings is 1. The van der Waals surface area contributed by atoms with Crippen molar-refractivity contribution in [1.82, 2.24) is 4.31 Å². The van der Waals surface area contributed by atoms with E-state index in [4.69, 9.17) is 0 Å². The summed E-state index contributed by atoms with van der Waals surface area (Å²) < 4.78 is 25.4. The Hall–Kier alpha value is -0.920. The lowest BCUT2D eigenvalue weighted by Gasteiger charge is -2.14. The molecular weight excluding hydrogens is 356 g/mol. The first-order chi connectivity index (χ1) is 9.78. The molecule has 0 atom stereocenters. The molecule has 0 aliphatic rings. The van der Waals surface area contributed by atoms with Gasteiger partial charge in [0.1, 0.15) is 0 Å². The fraction of sp³-hybridized carbons (Fsp3) is 0.500. The maximum atomic E-state index is 12.1. The van der Waals surface area contributed by atoms with Gasteiger partial charge in [-0.05, 0) is 37.5 Å². The summed E-state index contributed by atoms with van der Waals surface area (Å²) in [6, 6.07) is 4.75. The molecular formula is C14H21BrN2O3S. The van der Waals surface area contributed by atoms with Gasteiger partial charge in [0.2, 0.25) is 15.9 Å². The summed E-state index contributed by atoms with van der Waals surface area (Å²) in [7, 11) is -0.537. The largest absolute Gasteiger partial charge is 0.326 e. The van der Waals surface area contributed by atoms with Crippen LogP contribution < -0.4 is 5.32 Å². The second-order valence-electron chi connectivity index (χ2n) is 4.96. The molecule has 1 aromatic carbocycles. The van der Waals surface area contributed by atoms with Gasteiger partial charge in [0.25, 0.3) is 0 Å². The van der Waals surface area contributed by atoms with Crippen LogP contribution in [0.3, 0.4) is 0 Å². The average Bonchev–Trinajstić information content (AvgIpc) is 2.41. The summed E-state index contributed by atoms with van der Waals surface area (Å²) in [5.74, 6) is -0.0987. The van der Waals surface area contributed by atoms with Gasteiger partial charge in [0, 0.05) is 31.5 Å². The lowest BCUT2D eigenvalue weighted by atomic mass is 10.2. The highest BCUT2D eigenvalue weighted by Crippen LogP contribution is 2.22. The molecule has 0 aliphatic heterocycles. The van der Waals surface area contributed by atoms with Gasteiger partial charge in [-0.15, -0.1) is 0 Å². The second kappa shape index (κ2) is 7.91. The monoisotopic (exact) mass is 376 g/mol. The van der Waals surface area contributed by atoms with Crippen LogP contribution in [-0.4, -0.2) is 38.1 Å². The number of aryl methyl sites for hydroxylation is 1. The third kappa shape index (κ3) is 5.09. The normalized spacial score (nSPS) is 11.7. The topological polar surface area (TPSA) is 66.5 Å². The van der Waals surface area contributed by atoms with Crippen molar-refractivity contribution in [3.05, 3.63) is 23.8 Å². The number of hydrogen-bond donors (Lipinski definition) is 1. The zero-order valence-electron chi connectivity index (χ0n) is 12.5. The highest BCUT2D eigenvalue weighted by Gasteiger charge is 2.18. The number of rotatable bonds is 7. The molecule has 0 aliphatic carbocycles. The molecule has 0 unspecified atom stereocenters. The molecule has 0 bridgehead atoms. The highest BCUT2D eigenvalue weighted by molar-refractivity contribution is 9.09. The molecule has 5 nitrogen and oxygen atoms in total. The van der Waals surface area contributed by atoms with E-state index < -0.39 is 10.0 Å². The minimum atomic E-state index is -3.50. The number of halogens is 1. The van der Waals surface area contributed by atoms with Crippen LogP contribution in [0.25, 0.3) is 0 Å². The Morgan fingerprint density at radius 1 is 1.29 bits per heavy atom. The van der Waals surface area contributed by atoms with Crippen LogP contribution in [0.2, 0.25) is 0 Å². The van der Waals surface area contributed by atoms with Crippen LogP contribution >= 0.6 is 15.9 Å². The van der Waals surface area contributed by atoms with Crippen LogP contribution in [0.15, 0.2) is 23.1 Å². The molecule has 0 radical (unpaired) electrons. The van der Waals surface area contributed by atoms with E-state index in [9.17, 15) is 13.2 Å². The average molecular weight is 377 g/mol. The second-order valence-corrected chi connectivity index (χ2v) is 7.90. The maximum Gasteiger partial charge on any atom is 0.242 e. The van der Waals surface area contributed by atoms with Gasteiger partial charge in [-0.25, -0.2) is 12.7 Å². The summed E-state index contributed by atoms with van der Waals surface area (Å²) in [5, 5.41) is 3.65. The van der Waals surface area contributed by atoms with Gasteiger partial charge in [-0.1, -0.05) is 22.0 Å². The van der Waals surface area contributed by atoms with Crippen molar-refractivity contribution in [2.24, 2.45) is 0 Å². The third-order valence-electron chi connectivity index (χ3n) is 3.05. The van der Waals surface area contributed by atoms with Gasteiger partial charge in [-0.3, -0.25) is 4.79 Å². The lowest BCUT2D eigenvalue weighted by Crippen LogP contribution is -2.22. The fourth-order valence-electron chi connectivity index (χ4n) is 1.70. The number of unbranched alkanes of at least 4 members (excludes halogenated alkanes) is 1. The molecule has 0 aromatic heterocycles. The molecule has 1 amide bonds. The molecule has 21 heavy (non-hydrogen) atoms. The van der Waals surface area contributed by atoms with Gasteiger partial charge >= 0.3 is 0 Å². The predicted octanol–water partition coefficient (Wildman–Crippen LogP) is 2.75. The molecule has 0 saturated heterocycles. The number of sulfonamides is 1. The van der Waals surface area contributed by atoms with Crippen molar-refractivity contribution in [2.45, 2.75) is 31.1 Å². The van der Waals surface area contributed by atoms with Gasteiger partial charge in [-0.2, -0.15) is 0 Å². The summed E-state index contributed by atoms with van der Waals surface area (Å²) >= 11 is 3.32. The Morgan fingerprint density at radius 2 is 1.95 bits per heavy atom. The first-order valence-corrected chi connectivity index (χ1v) is 9.24. The van der Waals surface area contributed by atoms with Crippen molar-refractivity contribution in [3.8, 4) is 0 Å². The molecule has 118 valence electrons. The zero-order chi connectivity index (χ0) is 16.0. The summed E-state index contributed by atoms with van der Waals surface area (Å²) in [5.41, 5.74) is 1.38. The number of carbonyl (C=O) groups excluding carboxylic acids is 1. The van der Waals surface area contributed by atoms with E-state index in [-0.39, 0.29) is 10.8 Å². The molecule has 0 spiro atoms. The van der Waals surface area contributed by atoms with Crippen molar-refractivity contribution in [3.63, 3.8) is 0 Å². The number of anilines is 1. The van der Waals surface area contributed by atoms with Gasteiger partial charge in [0.05, 0.1) is 4.90 Å². The van der Waals surface area contributed by atoms with Crippen LogP contribution in [0.4, 0.5) is 5.69 Å². The number of hydrogen-bond acceptors (Lipinski definition) is 3. The van der Waals surface area contributed by atoms with E-state index in [1.807, 2.05) is 6.92 Å². The van der Waals surface area contributed by atoms with Crippen LogP contribution in [0.5, 0.6) is 0 Å².